The average molecular weight is 348 g/mol. The van der Waals surface area contributed by atoms with E-state index in [0.717, 1.165) is 10.1 Å². The molecule has 0 aliphatic heterocycles. The zero-order chi connectivity index (χ0) is 17.7. The molecule has 2 aromatic rings. The molecule has 0 atom stereocenters. The Balaban J connectivity index is 1.96. The highest BCUT2D eigenvalue weighted by Gasteiger charge is 2.04. The second-order valence-electron chi connectivity index (χ2n) is 5.35. The second kappa shape index (κ2) is 7.79. The maximum absolute atomic E-state index is 11.9. The normalized spacial score (nSPS) is 11.0. The first kappa shape index (κ1) is 17.7. The molecule has 24 heavy (non-hydrogen) atoms. The third-order valence-electron chi connectivity index (χ3n) is 3.49. The highest BCUT2D eigenvalue weighted by atomic mass is 35.5. The van der Waals surface area contributed by atoms with E-state index in [1.807, 2.05) is 18.2 Å². The smallest absolute Gasteiger partial charge is 0.330 e. The molecule has 0 saturated carbocycles. The number of hydrogen-bond donors (Lipinski definition) is 1. The van der Waals surface area contributed by atoms with Crippen molar-refractivity contribution in [1.29, 1.82) is 0 Å². The summed E-state index contributed by atoms with van der Waals surface area (Å²) < 4.78 is 2.29. The number of nitrogens with zero attached hydrogens (tertiary/aromatic N) is 2. The van der Waals surface area contributed by atoms with Gasteiger partial charge in [-0.15, -0.1) is 0 Å². The van der Waals surface area contributed by atoms with Crippen LogP contribution < -0.4 is 16.6 Å². The SMILES string of the molecule is Cn1cc(/C=C/C(=O)NCCc2cccc(Cl)c2)c(=O)n(C)c1=O. The van der Waals surface area contributed by atoms with Crippen molar-refractivity contribution in [2.24, 2.45) is 14.1 Å². The molecular formula is C17H18ClN3O3. The Labute approximate surface area is 144 Å². The fourth-order valence-corrected chi connectivity index (χ4v) is 2.41. The van der Waals surface area contributed by atoms with Crippen LogP contribution in [0, 0.1) is 0 Å². The van der Waals surface area contributed by atoms with Crippen molar-refractivity contribution in [3.63, 3.8) is 0 Å². The lowest BCUT2D eigenvalue weighted by Gasteiger charge is -2.04. The van der Waals surface area contributed by atoms with E-state index in [1.54, 1.807) is 13.1 Å². The van der Waals surface area contributed by atoms with Crippen molar-refractivity contribution < 1.29 is 4.79 Å². The third-order valence-corrected chi connectivity index (χ3v) is 3.72. The summed E-state index contributed by atoms with van der Waals surface area (Å²) in [6.45, 7) is 0.453. The fourth-order valence-electron chi connectivity index (χ4n) is 2.20. The van der Waals surface area contributed by atoms with Gasteiger partial charge in [-0.1, -0.05) is 23.7 Å². The summed E-state index contributed by atoms with van der Waals surface area (Å²) in [5.74, 6) is -0.312. The Morgan fingerprint density at radius 2 is 2.04 bits per heavy atom. The molecule has 1 aromatic heterocycles. The summed E-state index contributed by atoms with van der Waals surface area (Å²) in [6, 6.07) is 7.43. The second-order valence-corrected chi connectivity index (χ2v) is 5.78. The maximum Gasteiger partial charge on any atom is 0.330 e. The molecule has 7 heteroatoms. The van der Waals surface area contributed by atoms with Crippen LogP contribution in [0.4, 0.5) is 0 Å². The number of nitrogens with one attached hydrogen (secondary N) is 1. The van der Waals surface area contributed by atoms with Crippen LogP contribution in [0.5, 0.6) is 0 Å². The number of halogens is 1. The number of benzene rings is 1. The lowest BCUT2D eigenvalue weighted by molar-refractivity contribution is -0.116. The number of amides is 1. The van der Waals surface area contributed by atoms with Crippen molar-refractivity contribution in [1.82, 2.24) is 14.5 Å². The predicted molar refractivity (Wildman–Crippen MR) is 94.1 cm³/mol. The summed E-state index contributed by atoms with van der Waals surface area (Å²) in [6.07, 6.45) is 4.73. The molecule has 1 amide bonds. The summed E-state index contributed by atoms with van der Waals surface area (Å²) >= 11 is 5.90. The van der Waals surface area contributed by atoms with Gasteiger partial charge >= 0.3 is 5.69 Å². The van der Waals surface area contributed by atoms with Crippen LogP contribution in [0.3, 0.4) is 0 Å². The molecule has 2 rings (SSSR count). The van der Waals surface area contributed by atoms with Crippen LogP contribution in [-0.2, 0) is 25.3 Å². The highest BCUT2D eigenvalue weighted by molar-refractivity contribution is 6.30. The Kier molecular flexibility index (Phi) is 5.76. The molecular weight excluding hydrogens is 330 g/mol. The van der Waals surface area contributed by atoms with Gasteiger partial charge in [-0.3, -0.25) is 14.2 Å². The van der Waals surface area contributed by atoms with E-state index < -0.39 is 11.2 Å². The Hall–Kier alpha value is -2.60. The van der Waals surface area contributed by atoms with Crippen molar-refractivity contribution in [2.45, 2.75) is 6.42 Å². The molecule has 6 nitrogen and oxygen atoms in total. The van der Waals surface area contributed by atoms with Crippen molar-refractivity contribution in [3.05, 3.63) is 73.5 Å². The molecule has 1 heterocycles. The van der Waals surface area contributed by atoms with Gasteiger partial charge in [0.05, 0.1) is 5.56 Å². The number of aromatic nitrogens is 2. The summed E-state index contributed by atoms with van der Waals surface area (Å²) in [5, 5.41) is 3.39. The number of rotatable bonds is 5. The van der Waals surface area contributed by atoms with Crippen LogP contribution in [0.2, 0.25) is 5.02 Å². The Bertz CT molecular complexity index is 897. The predicted octanol–water partition coefficient (Wildman–Crippen LogP) is 1.11. The van der Waals surface area contributed by atoms with Gasteiger partial charge in [0, 0.05) is 37.9 Å². The van der Waals surface area contributed by atoms with E-state index in [1.165, 1.54) is 30.0 Å². The van der Waals surface area contributed by atoms with E-state index >= 15 is 0 Å². The molecule has 0 aliphatic rings. The molecule has 0 spiro atoms. The fraction of sp³-hybridized carbons (Fsp3) is 0.235. The first-order valence-corrected chi connectivity index (χ1v) is 7.73. The number of aryl methyl sites for hydroxylation is 1. The Morgan fingerprint density at radius 3 is 2.75 bits per heavy atom. The van der Waals surface area contributed by atoms with E-state index in [4.69, 9.17) is 11.6 Å². The van der Waals surface area contributed by atoms with E-state index in [2.05, 4.69) is 5.32 Å². The summed E-state index contributed by atoms with van der Waals surface area (Å²) in [5.41, 5.74) is 0.438. The number of carbonyl (C=O) groups is 1. The monoisotopic (exact) mass is 347 g/mol. The van der Waals surface area contributed by atoms with Crippen LogP contribution in [0.25, 0.3) is 6.08 Å². The average Bonchev–Trinajstić information content (AvgIpc) is 2.55. The molecule has 126 valence electrons. The quantitative estimate of drug-likeness (QED) is 0.823. The lowest BCUT2D eigenvalue weighted by Crippen LogP contribution is -2.37. The molecule has 0 unspecified atom stereocenters. The van der Waals surface area contributed by atoms with E-state index in [9.17, 15) is 14.4 Å². The van der Waals surface area contributed by atoms with E-state index in [0.29, 0.717) is 18.0 Å². The van der Waals surface area contributed by atoms with E-state index in [-0.39, 0.29) is 11.5 Å². The first-order valence-electron chi connectivity index (χ1n) is 7.35. The molecule has 0 fully saturated rings. The zero-order valence-electron chi connectivity index (χ0n) is 13.5. The summed E-state index contributed by atoms with van der Waals surface area (Å²) in [4.78, 5) is 35.4. The zero-order valence-corrected chi connectivity index (χ0v) is 14.2. The van der Waals surface area contributed by atoms with Crippen LogP contribution in [0.1, 0.15) is 11.1 Å². The first-order chi connectivity index (χ1) is 11.4. The topological polar surface area (TPSA) is 73.1 Å². The number of hydrogen-bond acceptors (Lipinski definition) is 3. The van der Waals surface area contributed by atoms with Gasteiger partial charge in [-0.2, -0.15) is 0 Å². The minimum absolute atomic E-state index is 0.268. The minimum atomic E-state index is -0.443. The van der Waals surface area contributed by atoms with Crippen LogP contribution in [0.15, 0.2) is 46.1 Å². The molecule has 1 aromatic carbocycles. The van der Waals surface area contributed by atoms with Crippen molar-refractivity contribution in [2.75, 3.05) is 6.54 Å². The molecule has 0 radical (unpaired) electrons. The minimum Gasteiger partial charge on any atom is -0.352 e. The van der Waals surface area contributed by atoms with Gasteiger partial charge in [0.1, 0.15) is 0 Å². The molecule has 0 bridgehead atoms. The van der Waals surface area contributed by atoms with Gasteiger partial charge in [0.25, 0.3) is 5.56 Å². The van der Waals surface area contributed by atoms with Gasteiger partial charge in [-0.05, 0) is 30.2 Å². The standard InChI is InChI=1S/C17H18ClN3O3/c1-20-11-13(16(23)21(2)17(20)24)6-7-15(22)19-9-8-12-4-3-5-14(18)10-12/h3-7,10-11H,8-9H2,1-2H3,(H,19,22)/b7-6+. The molecule has 0 saturated heterocycles. The summed E-state index contributed by atoms with van der Waals surface area (Å²) in [7, 11) is 2.94. The van der Waals surface area contributed by atoms with Gasteiger partial charge in [-0.25, -0.2) is 4.79 Å². The third kappa shape index (κ3) is 4.45. The van der Waals surface area contributed by atoms with Crippen LogP contribution >= 0.6 is 11.6 Å². The lowest BCUT2D eigenvalue weighted by atomic mass is 10.1. The maximum atomic E-state index is 11.9. The van der Waals surface area contributed by atoms with Crippen molar-refractivity contribution >= 4 is 23.6 Å². The van der Waals surface area contributed by atoms with Gasteiger partial charge in [0.2, 0.25) is 5.91 Å². The largest absolute Gasteiger partial charge is 0.352 e. The van der Waals surface area contributed by atoms with Crippen LogP contribution in [-0.4, -0.2) is 21.6 Å². The Morgan fingerprint density at radius 1 is 1.29 bits per heavy atom. The van der Waals surface area contributed by atoms with Gasteiger partial charge in [0.15, 0.2) is 0 Å². The van der Waals surface area contributed by atoms with Gasteiger partial charge < -0.3 is 9.88 Å². The number of carbonyl (C=O) groups excluding carboxylic acids is 1. The highest BCUT2D eigenvalue weighted by Crippen LogP contribution is 2.10. The van der Waals surface area contributed by atoms with Crippen molar-refractivity contribution in [3.8, 4) is 0 Å². The molecule has 1 N–H and O–H groups in total. The molecule has 0 aliphatic carbocycles.